The molecule has 0 radical (unpaired) electrons. The number of esters is 1. The Hall–Kier alpha value is -3.78. The van der Waals surface area contributed by atoms with Crippen LogP contribution in [-0.2, 0) is 4.79 Å². The highest BCUT2D eigenvalue weighted by Gasteiger charge is 2.19. The van der Waals surface area contributed by atoms with Crippen LogP contribution in [0.4, 0.5) is 0 Å². The number of ether oxygens (including phenoxy) is 3. The lowest BCUT2D eigenvalue weighted by atomic mass is 10.1. The van der Waals surface area contributed by atoms with Crippen LogP contribution in [0.15, 0.2) is 71.9 Å². The number of rotatable bonds is 8. The minimum atomic E-state index is -0.349. The normalized spacial score (nSPS) is 10.7. The van der Waals surface area contributed by atoms with Gasteiger partial charge < -0.3 is 14.2 Å². The standard InChI is InChI=1S/C26H25N3O4S/c1-17-9-8-10-18(2)24(17)33-23(30)16-34-26-28-27-25(29(26)20-11-6-5-7-12-20)19-13-14-21(31-3)22(15-19)32-4/h5-15H,16H2,1-4H3. The topological polar surface area (TPSA) is 75.5 Å². The molecule has 1 aromatic heterocycles. The van der Waals surface area contributed by atoms with Crippen molar-refractivity contribution in [3.8, 4) is 34.3 Å². The number of para-hydroxylation sites is 2. The van der Waals surface area contributed by atoms with Crippen LogP contribution in [0.1, 0.15) is 11.1 Å². The summed E-state index contributed by atoms with van der Waals surface area (Å²) in [5, 5.41) is 9.38. The zero-order valence-corrected chi connectivity index (χ0v) is 20.3. The molecule has 1 heterocycles. The molecule has 0 fully saturated rings. The Balaban J connectivity index is 1.64. The van der Waals surface area contributed by atoms with E-state index in [9.17, 15) is 4.79 Å². The van der Waals surface area contributed by atoms with Gasteiger partial charge in [-0.05, 0) is 55.3 Å². The summed E-state index contributed by atoms with van der Waals surface area (Å²) in [5.41, 5.74) is 3.52. The summed E-state index contributed by atoms with van der Waals surface area (Å²) in [7, 11) is 3.18. The third-order valence-electron chi connectivity index (χ3n) is 5.23. The maximum Gasteiger partial charge on any atom is 0.321 e. The van der Waals surface area contributed by atoms with Crippen molar-refractivity contribution in [2.75, 3.05) is 20.0 Å². The zero-order chi connectivity index (χ0) is 24.1. The Bertz CT molecular complexity index is 1280. The molecule has 8 heteroatoms. The van der Waals surface area contributed by atoms with Crippen molar-refractivity contribution in [2.24, 2.45) is 0 Å². The lowest BCUT2D eigenvalue weighted by Crippen LogP contribution is -2.13. The van der Waals surface area contributed by atoms with Crippen LogP contribution in [0, 0.1) is 13.8 Å². The number of hydrogen-bond acceptors (Lipinski definition) is 7. The third-order valence-corrected chi connectivity index (χ3v) is 6.14. The first kappa shape index (κ1) is 23.4. The molecule has 0 atom stereocenters. The van der Waals surface area contributed by atoms with E-state index in [1.165, 1.54) is 11.8 Å². The van der Waals surface area contributed by atoms with Crippen molar-refractivity contribution < 1.29 is 19.0 Å². The summed E-state index contributed by atoms with van der Waals surface area (Å²) in [4.78, 5) is 12.6. The largest absolute Gasteiger partial charge is 0.493 e. The van der Waals surface area contributed by atoms with Gasteiger partial charge in [-0.3, -0.25) is 9.36 Å². The highest BCUT2D eigenvalue weighted by Crippen LogP contribution is 2.34. The van der Waals surface area contributed by atoms with Crippen molar-refractivity contribution >= 4 is 17.7 Å². The van der Waals surface area contributed by atoms with Gasteiger partial charge in [0.25, 0.3) is 0 Å². The number of benzene rings is 3. The van der Waals surface area contributed by atoms with E-state index in [0.717, 1.165) is 22.4 Å². The molecule has 0 spiro atoms. The van der Waals surface area contributed by atoms with E-state index in [1.807, 2.05) is 85.1 Å². The first-order valence-corrected chi connectivity index (χ1v) is 11.6. The van der Waals surface area contributed by atoms with Gasteiger partial charge in [0.05, 0.1) is 20.0 Å². The molecule has 0 aliphatic heterocycles. The fraction of sp³-hybridized carbons (Fsp3) is 0.192. The Labute approximate surface area is 202 Å². The number of carbonyl (C=O) groups is 1. The van der Waals surface area contributed by atoms with E-state index < -0.39 is 0 Å². The Kier molecular flexibility index (Phi) is 7.18. The zero-order valence-electron chi connectivity index (χ0n) is 19.4. The first-order valence-electron chi connectivity index (χ1n) is 10.6. The molecule has 0 bridgehead atoms. The van der Waals surface area contributed by atoms with Crippen molar-refractivity contribution in [1.82, 2.24) is 14.8 Å². The maximum absolute atomic E-state index is 12.6. The fourth-order valence-corrected chi connectivity index (χ4v) is 4.29. The second-order valence-electron chi connectivity index (χ2n) is 7.53. The van der Waals surface area contributed by atoms with Crippen molar-refractivity contribution in [2.45, 2.75) is 19.0 Å². The van der Waals surface area contributed by atoms with Gasteiger partial charge in [-0.25, -0.2) is 0 Å². The Morgan fingerprint density at radius 1 is 0.882 bits per heavy atom. The van der Waals surface area contributed by atoms with E-state index in [4.69, 9.17) is 14.2 Å². The maximum atomic E-state index is 12.6. The number of aromatic nitrogens is 3. The summed E-state index contributed by atoms with van der Waals surface area (Å²) in [6, 6.07) is 21.1. The summed E-state index contributed by atoms with van der Waals surface area (Å²) >= 11 is 1.27. The lowest BCUT2D eigenvalue weighted by Gasteiger charge is -2.13. The van der Waals surface area contributed by atoms with E-state index in [2.05, 4.69) is 10.2 Å². The Morgan fingerprint density at radius 3 is 2.26 bits per heavy atom. The summed E-state index contributed by atoms with van der Waals surface area (Å²) in [6.07, 6.45) is 0. The molecule has 174 valence electrons. The quantitative estimate of drug-likeness (QED) is 0.195. The Morgan fingerprint density at radius 2 is 1.59 bits per heavy atom. The molecule has 0 N–H and O–H groups in total. The summed E-state index contributed by atoms with van der Waals surface area (Å²) in [5.74, 6) is 2.18. The third kappa shape index (κ3) is 4.92. The van der Waals surface area contributed by atoms with Crippen molar-refractivity contribution in [1.29, 1.82) is 0 Å². The highest BCUT2D eigenvalue weighted by atomic mass is 32.2. The predicted molar refractivity (Wildman–Crippen MR) is 132 cm³/mol. The van der Waals surface area contributed by atoms with Crippen LogP contribution >= 0.6 is 11.8 Å². The van der Waals surface area contributed by atoms with Crippen LogP contribution in [0.25, 0.3) is 17.1 Å². The summed E-state index contributed by atoms with van der Waals surface area (Å²) < 4.78 is 18.4. The lowest BCUT2D eigenvalue weighted by molar-refractivity contribution is -0.131. The van der Waals surface area contributed by atoms with E-state index in [-0.39, 0.29) is 11.7 Å². The molecule has 4 aromatic rings. The van der Waals surface area contributed by atoms with Gasteiger partial charge >= 0.3 is 5.97 Å². The smallest absolute Gasteiger partial charge is 0.321 e. The highest BCUT2D eigenvalue weighted by molar-refractivity contribution is 7.99. The molecule has 3 aromatic carbocycles. The first-order chi connectivity index (χ1) is 16.5. The average Bonchev–Trinajstić information content (AvgIpc) is 3.29. The second kappa shape index (κ2) is 10.4. The van der Waals surface area contributed by atoms with Gasteiger partial charge in [-0.2, -0.15) is 0 Å². The second-order valence-corrected chi connectivity index (χ2v) is 8.47. The SMILES string of the molecule is COc1ccc(-c2nnc(SCC(=O)Oc3c(C)cccc3C)n2-c2ccccc2)cc1OC. The van der Waals surface area contributed by atoms with Crippen LogP contribution in [-0.4, -0.2) is 40.7 Å². The van der Waals surface area contributed by atoms with Gasteiger partial charge in [-0.1, -0.05) is 48.2 Å². The van der Waals surface area contributed by atoms with Gasteiger partial charge in [0.15, 0.2) is 22.5 Å². The van der Waals surface area contributed by atoms with Gasteiger partial charge in [0, 0.05) is 11.3 Å². The summed E-state index contributed by atoms with van der Waals surface area (Å²) in [6.45, 7) is 3.84. The number of carbonyl (C=O) groups excluding carboxylic acids is 1. The average molecular weight is 476 g/mol. The molecule has 0 saturated heterocycles. The molecular weight excluding hydrogens is 450 g/mol. The molecule has 0 amide bonds. The predicted octanol–water partition coefficient (Wildman–Crippen LogP) is 5.27. The minimum absolute atomic E-state index is 0.0880. The van der Waals surface area contributed by atoms with Gasteiger partial charge in [0.1, 0.15) is 5.75 Å². The number of thioether (sulfide) groups is 1. The van der Waals surface area contributed by atoms with E-state index >= 15 is 0 Å². The molecule has 34 heavy (non-hydrogen) atoms. The van der Waals surface area contributed by atoms with E-state index in [1.54, 1.807) is 14.2 Å². The number of aryl methyl sites for hydroxylation is 2. The van der Waals surface area contributed by atoms with Crippen LogP contribution in [0.5, 0.6) is 17.2 Å². The van der Waals surface area contributed by atoms with Gasteiger partial charge in [-0.15, -0.1) is 10.2 Å². The van der Waals surface area contributed by atoms with Gasteiger partial charge in [0.2, 0.25) is 0 Å². The molecule has 0 saturated carbocycles. The number of hydrogen-bond donors (Lipinski definition) is 0. The molecular formula is C26H25N3O4S. The molecule has 0 aliphatic rings. The van der Waals surface area contributed by atoms with Crippen LogP contribution in [0.2, 0.25) is 0 Å². The van der Waals surface area contributed by atoms with E-state index in [0.29, 0.717) is 28.2 Å². The van der Waals surface area contributed by atoms with Crippen molar-refractivity contribution in [3.05, 3.63) is 77.9 Å². The monoisotopic (exact) mass is 475 g/mol. The number of methoxy groups -OCH3 is 2. The molecule has 0 aliphatic carbocycles. The van der Waals surface area contributed by atoms with Crippen LogP contribution in [0.3, 0.4) is 0 Å². The molecule has 4 rings (SSSR count). The fourth-order valence-electron chi connectivity index (χ4n) is 3.56. The van der Waals surface area contributed by atoms with Crippen molar-refractivity contribution in [3.63, 3.8) is 0 Å². The molecule has 0 unspecified atom stereocenters. The minimum Gasteiger partial charge on any atom is -0.493 e. The van der Waals surface area contributed by atoms with Crippen LogP contribution < -0.4 is 14.2 Å². The molecule has 7 nitrogen and oxygen atoms in total. The number of nitrogens with zero attached hydrogens (tertiary/aromatic N) is 3.